The van der Waals surface area contributed by atoms with Gasteiger partial charge in [-0.25, -0.2) is 4.79 Å². The number of ketones is 1. The first kappa shape index (κ1) is 13.5. The van der Waals surface area contributed by atoms with Crippen molar-refractivity contribution in [1.82, 2.24) is 0 Å². The highest BCUT2D eigenvalue weighted by Crippen LogP contribution is 2.15. The summed E-state index contributed by atoms with van der Waals surface area (Å²) in [6, 6.07) is 14.6. The molecule has 0 aromatic heterocycles. The van der Waals surface area contributed by atoms with E-state index in [1.54, 1.807) is 30.3 Å². The van der Waals surface area contributed by atoms with E-state index in [4.69, 9.17) is 5.11 Å². The fraction of sp³-hybridized carbons (Fsp3) is 0. The average Bonchev–Trinajstić information content (AvgIpc) is 2.47. The molecule has 2 aromatic carbocycles. The summed E-state index contributed by atoms with van der Waals surface area (Å²) in [6.45, 7) is 0. The van der Waals surface area contributed by atoms with E-state index in [1.807, 2.05) is 6.07 Å². The molecule has 2 N–H and O–H groups in total. The second kappa shape index (κ2) is 5.84. The van der Waals surface area contributed by atoms with E-state index in [-0.39, 0.29) is 11.1 Å². The maximum absolute atomic E-state index is 12.1. The maximum atomic E-state index is 12.1. The summed E-state index contributed by atoms with van der Waals surface area (Å²) in [5, 5.41) is 18.9. The van der Waals surface area contributed by atoms with E-state index in [9.17, 15) is 14.7 Å². The fourth-order valence-electron chi connectivity index (χ4n) is 1.78. The first-order valence-corrected chi connectivity index (χ1v) is 5.92. The lowest BCUT2D eigenvalue weighted by atomic mass is 10.0. The van der Waals surface area contributed by atoms with Crippen LogP contribution in [-0.4, -0.2) is 22.0 Å². The molecule has 0 heterocycles. The Labute approximate surface area is 115 Å². The fourth-order valence-corrected chi connectivity index (χ4v) is 1.78. The number of benzene rings is 2. The highest BCUT2D eigenvalue weighted by molar-refractivity contribution is 6.14. The van der Waals surface area contributed by atoms with Crippen LogP contribution in [0.25, 0.3) is 6.08 Å². The monoisotopic (exact) mass is 268 g/mol. The lowest BCUT2D eigenvalue weighted by Gasteiger charge is -2.04. The standard InChI is InChI=1S/C16H12O4/c17-14(10-11-6-2-1-3-7-11)15(18)12-8-4-5-9-13(12)16(19)20/h1-10,17H,(H,19,20). The van der Waals surface area contributed by atoms with Crippen molar-refractivity contribution in [3.8, 4) is 0 Å². The van der Waals surface area contributed by atoms with Gasteiger partial charge in [-0.3, -0.25) is 4.79 Å². The van der Waals surface area contributed by atoms with Gasteiger partial charge < -0.3 is 10.2 Å². The molecule has 0 bridgehead atoms. The molecule has 0 amide bonds. The van der Waals surface area contributed by atoms with Crippen LogP contribution in [0, 0.1) is 0 Å². The summed E-state index contributed by atoms with van der Waals surface area (Å²) < 4.78 is 0. The largest absolute Gasteiger partial charge is 0.504 e. The number of carbonyl (C=O) groups excluding carboxylic acids is 1. The van der Waals surface area contributed by atoms with Crippen LogP contribution in [0.2, 0.25) is 0 Å². The second-order valence-corrected chi connectivity index (χ2v) is 4.12. The zero-order valence-corrected chi connectivity index (χ0v) is 10.5. The zero-order valence-electron chi connectivity index (χ0n) is 10.5. The molecule has 4 nitrogen and oxygen atoms in total. The number of rotatable bonds is 4. The van der Waals surface area contributed by atoms with Gasteiger partial charge in [-0.2, -0.15) is 0 Å². The molecule has 0 spiro atoms. The molecule has 100 valence electrons. The lowest BCUT2D eigenvalue weighted by Crippen LogP contribution is -2.10. The molecule has 0 unspecified atom stereocenters. The minimum absolute atomic E-state index is 0.0373. The number of hydrogen-bond donors (Lipinski definition) is 2. The van der Waals surface area contributed by atoms with Crippen molar-refractivity contribution < 1.29 is 19.8 Å². The van der Waals surface area contributed by atoms with Crippen molar-refractivity contribution in [2.45, 2.75) is 0 Å². The number of aliphatic hydroxyl groups excluding tert-OH is 1. The molecule has 20 heavy (non-hydrogen) atoms. The Balaban J connectivity index is 2.37. The smallest absolute Gasteiger partial charge is 0.336 e. The number of carbonyl (C=O) groups is 2. The lowest BCUT2D eigenvalue weighted by molar-refractivity contribution is 0.0692. The molecule has 2 aromatic rings. The molecule has 4 heteroatoms. The number of aliphatic hydroxyl groups is 1. The van der Waals surface area contributed by atoms with Crippen LogP contribution in [0.5, 0.6) is 0 Å². The van der Waals surface area contributed by atoms with Crippen LogP contribution in [0.4, 0.5) is 0 Å². The molecule has 2 rings (SSSR count). The van der Waals surface area contributed by atoms with Gasteiger partial charge >= 0.3 is 5.97 Å². The highest BCUT2D eigenvalue weighted by atomic mass is 16.4. The summed E-state index contributed by atoms with van der Waals surface area (Å²) in [5.74, 6) is -2.42. The molecular weight excluding hydrogens is 256 g/mol. The Hall–Kier alpha value is -2.88. The van der Waals surface area contributed by atoms with Gasteiger partial charge in [-0.1, -0.05) is 48.5 Å². The van der Waals surface area contributed by atoms with Crippen molar-refractivity contribution >= 4 is 17.8 Å². The SMILES string of the molecule is O=C(O)c1ccccc1C(=O)C(O)=Cc1ccccc1. The van der Waals surface area contributed by atoms with Crippen LogP contribution < -0.4 is 0 Å². The van der Waals surface area contributed by atoms with E-state index < -0.39 is 17.5 Å². The Kier molecular flexibility index (Phi) is 3.96. The summed E-state index contributed by atoms with van der Waals surface area (Å²) in [5.41, 5.74) is 0.487. The summed E-state index contributed by atoms with van der Waals surface area (Å²) in [7, 11) is 0. The van der Waals surface area contributed by atoms with Crippen molar-refractivity contribution in [3.05, 3.63) is 77.0 Å². The molecule has 0 saturated carbocycles. The van der Waals surface area contributed by atoms with Crippen molar-refractivity contribution in [1.29, 1.82) is 0 Å². The third-order valence-corrected chi connectivity index (χ3v) is 2.74. The maximum Gasteiger partial charge on any atom is 0.336 e. The van der Waals surface area contributed by atoms with Crippen molar-refractivity contribution in [2.24, 2.45) is 0 Å². The van der Waals surface area contributed by atoms with Crippen LogP contribution >= 0.6 is 0 Å². The topological polar surface area (TPSA) is 74.6 Å². The third-order valence-electron chi connectivity index (χ3n) is 2.74. The molecule has 0 radical (unpaired) electrons. The Bertz CT molecular complexity index is 672. The zero-order chi connectivity index (χ0) is 14.5. The minimum atomic E-state index is -1.21. The summed E-state index contributed by atoms with van der Waals surface area (Å²) >= 11 is 0. The predicted molar refractivity (Wildman–Crippen MR) is 74.8 cm³/mol. The molecule has 0 aliphatic rings. The molecule has 0 atom stereocenters. The molecule has 0 saturated heterocycles. The van der Waals surface area contributed by atoms with Gasteiger partial charge in [0.25, 0.3) is 0 Å². The van der Waals surface area contributed by atoms with E-state index in [0.717, 1.165) is 0 Å². The number of allylic oxidation sites excluding steroid dienone is 1. The van der Waals surface area contributed by atoms with E-state index in [2.05, 4.69) is 0 Å². The number of carboxylic acids is 1. The van der Waals surface area contributed by atoms with Gasteiger partial charge in [0.05, 0.1) is 5.56 Å². The van der Waals surface area contributed by atoms with Gasteiger partial charge in [0.1, 0.15) is 0 Å². The number of aromatic carboxylic acids is 1. The Morgan fingerprint density at radius 1 is 0.800 bits per heavy atom. The second-order valence-electron chi connectivity index (χ2n) is 4.12. The summed E-state index contributed by atoms with van der Waals surface area (Å²) in [4.78, 5) is 23.1. The first-order chi connectivity index (χ1) is 9.59. The predicted octanol–water partition coefficient (Wildman–Crippen LogP) is 3.17. The van der Waals surface area contributed by atoms with E-state index in [1.165, 1.54) is 24.3 Å². The van der Waals surface area contributed by atoms with Crippen LogP contribution in [0.1, 0.15) is 26.3 Å². The van der Waals surface area contributed by atoms with Crippen molar-refractivity contribution in [3.63, 3.8) is 0 Å². The van der Waals surface area contributed by atoms with E-state index in [0.29, 0.717) is 5.56 Å². The van der Waals surface area contributed by atoms with Crippen LogP contribution in [0.3, 0.4) is 0 Å². The Morgan fingerprint density at radius 3 is 1.95 bits per heavy atom. The van der Waals surface area contributed by atoms with E-state index >= 15 is 0 Å². The Morgan fingerprint density at radius 2 is 1.35 bits per heavy atom. The highest BCUT2D eigenvalue weighted by Gasteiger charge is 2.18. The average molecular weight is 268 g/mol. The summed E-state index contributed by atoms with van der Waals surface area (Å²) in [6.07, 6.45) is 1.31. The normalized spacial score (nSPS) is 11.1. The minimum Gasteiger partial charge on any atom is -0.504 e. The van der Waals surface area contributed by atoms with Gasteiger partial charge in [-0.15, -0.1) is 0 Å². The first-order valence-electron chi connectivity index (χ1n) is 5.92. The van der Waals surface area contributed by atoms with Gasteiger partial charge in [0.15, 0.2) is 5.76 Å². The molecule has 0 aliphatic heterocycles. The van der Waals surface area contributed by atoms with Gasteiger partial charge in [0, 0.05) is 5.56 Å². The third kappa shape index (κ3) is 2.92. The van der Waals surface area contributed by atoms with Gasteiger partial charge in [0.2, 0.25) is 5.78 Å². The molecule has 0 aliphatic carbocycles. The molecule has 0 fully saturated rings. The van der Waals surface area contributed by atoms with Crippen LogP contribution in [0.15, 0.2) is 60.4 Å². The number of carboxylic acid groups (broad SMARTS) is 1. The number of Topliss-reactive ketones (excluding diaryl/α,β-unsaturated/α-hetero) is 1. The van der Waals surface area contributed by atoms with Crippen LogP contribution in [-0.2, 0) is 0 Å². The molecular formula is C16H12O4. The van der Waals surface area contributed by atoms with Crippen molar-refractivity contribution in [2.75, 3.05) is 0 Å². The quantitative estimate of drug-likeness (QED) is 0.507. The van der Waals surface area contributed by atoms with Gasteiger partial charge in [-0.05, 0) is 17.7 Å². The number of hydrogen-bond acceptors (Lipinski definition) is 3.